The van der Waals surface area contributed by atoms with Crippen LogP contribution in [0.25, 0.3) is 77.3 Å². The highest BCUT2D eigenvalue weighted by Gasteiger charge is 2.17. The second-order valence-corrected chi connectivity index (χ2v) is 10.4. The minimum atomic E-state index is 0.585. The fourth-order valence-corrected chi connectivity index (χ4v) is 6.03. The summed E-state index contributed by atoms with van der Waals surface area (Å²) in [6.45, 7) is 0. The number of nitriles is 2. The van der Waals surface area contributed by atoms with Gasteiger partial charge in [-0.1, -0.05) is 54.6 Å². The minimum absolute atomic E-state index is 0.585. The first kappa shape index (κ1) is 23.8. The average Bonchev–Trinajstić information content (AvgIpc) is 3.62. The van der Waals surface area contributed by atoms with Gasteiger partial charge in [0.2, 0.25) is 0 Å². The summed E-state index contributed by atoms with van der Waals surface area (Å²) in [5, 5.41) is 23.2. The molecule has 194 valence electrons. The van der Waals surface area contributed by atoms with Gasteiger partial charge in [-0.25, -0.2) is 0 Å². The smallest absolute Gasteiger partial charge is 0.136 e. The van der Waals surface area contributed by atoms with Crippen LogP contribution in [0.3, 0.4) is 0 Å². The van der Waals surface area contributed by atoms with Crippen molar-refractivity contribution < 1.29 is 8.83 Å². The molecule has 0 N–H and O–H groups in total. The van der Waals surface area contributed by atoms with E-state index in [0.717, 1.165) is 77.3 Å². The Morgan fingerprint density at radius 3 is 1.69 bits per heavy atom. The first-order chi connectivity index (χ1) is 20.7. The third kappa shape index (κ3) is 3.68. The monoisotopic (exact) mass is 536 g/mol. The molecule has 4 nitrogen and oxygen atoms in total. The molecule has 0 unspecified atom stereocenters. The standard InChI is InChI=1S/C38H20N2O2/c39-21-23-6-3-7-25(16-23)26-18-27(29-9-4-12-35-37(29)31-8-1-2-11-33(31)41-35)20-28(19-26)30-10-5-13-36-38(30)32-17-24(22-40)14-15-34(32)42-36/h1-20H. The van der Waals surface area contributed by atoms with Gasteiger partial charge in [0.05, 0.1) is 23.3 Å². The maximum atomic E-state index is 9.61. The molecule has 2 heterocycles. The van der Waals surface area contributed by atoms with Crippen molar-refractivity contribution >= 4 is 43.9 Å². The summed E-state index contributed by atoms with van der Waals surface area (Å²) >= 11 is 0. The molecule has 0 aliphatic heterocycles. The zero-order valence-corrected chi connectivity index (χ0v) is 22.3. The van der Waals surface area contributed by atoms with Crippen LogP contribution in [0.1, 0.15) is 11.1 Å². The summed E-state index contributed by atoms with van der Waals surface area (Å²) in [5.74, 6) is 0. The molecule has 6 aromatic carbocycles. The van der Waals surface area contributed by atoms with Crippen LogP contribution in [0.5, 0.6) is 0 Å². The molecule has 0 atom stereocenters. The summed E-state index contributed by atoms with van der Waals surface area (Å²) in [6.07, 6.45) is 0. The summed E-state index contributed by atoms with van der Waals surface area (Å²) in [7, 11) is 0. The molecule has 0 aliphatic rings. The molecular formula is C38H20N2O2. The highest BCUT2D eigenvalue weighted by molar-refractivity contribution is 6.15. The molecule has 0 saturated carbocycles. The lowest BCUT2D eigenvalue weighted by atomic mass is 9.90. The van der Waals surface area contributed by atoms with Gasteiger partial charge in [0, 0.05) is 21.5 Å². The summed E-state index contributed by atoms with van der Waals surface area (Å²) < 4.78 is 12.4. The van der Waals surface area contributed by atoms with Crippen LogP contribution in [0.4, 0.5) is 0 Å². The van der Waals surface area contributed by atoms with Crippen LogP contribution in [0, 0.1) is 22.7 Å². The molecule has 0 bridgehead atoms. The van der Waals surface area contributed by atoms with Gasteiger partial charge in [-0.3, -0.25) is 0 Å². The highest BCUT2D eigenvalue weighted by Crippen LogP contribution is 2.42. The van der Waals surface area contributed by atoms with E-state index < -0.39 is 0 Å². The number of furan rings is 2. The number of rotatable bonds is 3. The highest BCUT2D eigenvalue weighted by atomic mass is 16.3. The number of fused-ring (bicyclic) bond motifs is 6. The van der Waals surface area contributed by atoms with E-state index in [4.69, 9.17) is 8.83 Å². The van der Waals surface area contributed by atoms with Gasteiger partial charge in [0.25, 0.3) is 0 Å². The Kier molecular flexibility index (Phi) is 5.22. The van der Waals surface area contributed by atoms with Crippen molar-refractivity contribution in [1.29, 1.82) is 10.5 Å². The summed E-state index contributed by atoms with van der Waals surface area (Å²) in [6, 6.07) is 44.6. The molecule has 0 aliphatic carbocycles. The molecule has 0 fully saturated rings. The number of hydrogen-bond acceptors (Lipinski definition) is 4. The van der Waals surface area contributed by atoms with E-state index in [-0.39, 0.29) is 0 Å². The summed E-state index contributed by atoms with van der Waals surface area (Å²) in [5.41, 5.74) is 10.4. The van der Waals surface area contributed by atoms with E-state index in [1.807, 2.05) is 78.9 Å². The third-order valence-corrected chi connectivity index (χ3v) is 7.91. The Balaban J connectivity index is 1.46. The largest absolute Gasteiger partial charge is 0.456 e. The summed E-state index contributed by atoms with van der Waals surface area (Å²) in [4.78, 5) is 0. The normalized spacial score (nSPS) is 11.3. The van der Waals surface area contributed by atoms with Crippen LogP contribution in [-0.4, -0.2) is 0 Å². The van der Waals surface area contributed by atoms with Gasteiger partial charge in [0.15, 0.2) is 0 Å². The van der Waals surface area contributed by atoms with E-state index in [1.165, 1.54) is 0 Å². The Bertz CT molecular complexity index is 2450. The molecule has 0 radical (unpaired) electrons. The quantitative estimate of drug-likeness (QED) is 0.225. The van der Waals surface area contributed by atoms with E-state index >= 15 is 0 Å². The Labute approximate surface area is 240 Å². The fourth-order valence-electron chi connectivity index (χ4n) is 6.03. The van der Waals surface area contributed by atoms with Gasteiger partial charge in [-0.2, -0.15) is 10.5 Å². The van der Waals surface area contributed by atoms with Gasteiger partial charge < -0.3 is 8.83 Å². The van der Waals surface area contributed by atoms with Crippen LogP contribution in [0.15, 0.2) is 130 Å². The lowest BCUT2D eigenvalue weighted by molar-refractivity contribution is 0.668. The lowest BCUT2D eigenvalue weighted by Gasteiger charge is -2.13. The number of benzene rings is 6. The Morgan fingerprint density at radius 1 is 0.405 bits per heavy atom. The third-order valence-electron chi connectivity index (χ3n) is 7.91. The predicted octanol–water partition coefficient (Wildman–Crippen LogP) is 10.2. The molecule has 8 rings (SSSR count). The molecule has 8 aromatic rings. The van der Waals surface area contributed by atoms with Crippen LogP contribution >= 0.6 is 0 Å². The van der Waals surface area contributed by atoms with Crippen molar-refractivity contribution in [2.24, 2.45) is 0 Å². The van der Waals surface area contributed by atoms with Crippen LogP contribution in [-0.2, 0) is 0 Å². The maximum absolute atomic E-state index is 9.61. The number of para-hydroxylation sites is 1. The van der Waals surface area contributed by atoms with Gasteiger partial charge >= 0.3 is 0 Å². The zero-order chi connectivity index (χ0) is 28.2. The van der Waals surface area contributed by atoms with Crippen molar-refractivity contribution in [3.05, 3.63) is 132 Å². The lowest BCUT2D eigenvalue weighted by Crippen LogP contribution is -1.88. The molecule has 2 aromatic heterocycles. The van der Waals surface area contributed by atoms with Gasteiger partial charge in [-0.05, 0) is 100 Å². The van der Waals surface area contributed by atoms with Crippen molar-refractivity contribution in [2.45, 2.75) is 0 Å². The van der Waals surface area contributed by atoms with Gasteiger partial charge in [-0.15, -0.1) is 0 Å². The van der Waals surface area contributed by atoms with Crippen LogP contribution < -0.4 is 0 Å². The van der Waals surface area contributed by atoms with E-state index in [2.05, 4.69) is 48.5 Å². The van der Waals surface area contributed by atoms with E-state index in [9.17, 15) is 10.5 Å². The van der Waals surface area contributed by atoms with Crippen molar-refractivity contribution in [3.63, 3.8) is 0 Å². The SMILES string of the molecule is N#Cc1cccc(-c2cc(-c3cccc4oc5ccccc5c34)cc(-c3cccc4oc5ccc(C#N)cc5c34)c2)c1. The van der Waals surface area contributed by atoms with E-state index in [0.29, 0.717) is 11.1 Å². The average molecular weight is 537 g/mol. The van der Waals surface area contributed by atoms with E-state index in [1.54, 1.807) is 6.07 Å². The number of nitrogens with zero attached hydrogens (tertiary/aromatic N) is 2. The maximum Gasteiger partial charge on any atom is 0.136 e. The molecule has 0 saturated heterocycles. The molecular weight excluding hydrogens is 516 g/mol. The number of hydrogen-bond donors (Lipinski definition) is 0. The first-order valence-electron chi connectivity index (χ1n) is 13.6. The second-order valence-electron chi connectivity index (χ2n) is 10.4. The van der Waals surface area contributed by atoms with Crippen LogP contribution in [0.2, 0.25) is 0 Å². The molecule has 0 amide bonds. The Hall–Kier alpha value is -6.10. The van der Waals surface area contributed by atoms with Gasteiger partial charge in [0.1, 0.15) is 22.3 Å². The molecule has 4 heteroatoms. The first-order valence-corrected chi connectivity index (χ1v) is 13.6. The van der Waals surface area contributed by atoms with Crippen molar-refractivity contribution in [1.82, 2.24) is 0 Å². The zero-order valence-electron chi connectivity index (χ0n) is 22.3. The second kappa shape index (κ2) is 9.24. The Morgan fingerprint density at radius 2 is 0.976 bits per heavy atom. The minimum Gasteiger partial charge on any atom is -0.456 e. The molecule has 0 spiro atoms. The fraction of sp³-hybridized carbons (Fsp3) is 0. The topological polar surface area (TPSA) is 73.9 Å². The molecule has 42 heavy (non-hydrogen) atoms. The van der Waals surface area contributed by atoms with Crippen molar-refractivity contribution in [3.8, 4) is 45.5 Å². The predicted molar refractivity (Wildman–Crippen MR) is 167 cm³/mol. The van der Waals surface area contributed by atoms with Crippen molar-refractivity contribution in [2.75, 3.05) is 0 Å².